The fourth-order valence-corrected chi connectivity index (χ4v) is 6.52. The van der Waals surface area contributed by atoms with E-state index in [9.17, 15) is 0 Å². The molecular weight excluding hydrogens is 418 g/mol. The van der Waals surface area contributed by atoms with E-state index >= 15 is 0 Å². The molecule has 0 bridgehead atoms. The minimum Gasteiger partial charge on any atom is -0.251 e. The van der Waals surface area contributed by atoms with Gasteiger partial charge in [0.1, 0.15) is 4.75 Å². The van der Waals surface area contributed by atoms with Crippen LogP contribution in [0.15, 0.2) is 127 Å². The standard InChI is InChI=1S/C31H23NS/c1-4-12-23(13-5-1)27-22-33-31(26-17-8-3-9-18-26,30(27)25-15-6-2-7-16-25)29-21-20-24-14-10-11-19-28(24)32-29/h1-21H,22H2. The molecule has 158 valence electrons. The van der Waals surface area contributed by atoms with Crippen molar-refractivity contribution in [3.05, 3.63) is 150 Å². The summed E-state index contributed by atoms with van der Waals surface area (Å²) in [6, 6.07) is 45.3. The second kappa shape index (κ2) is 8.38. The van der Waals surface area contributed by atoms with Crippen molar-refractivity contribution in [2.75, 3.05) is 5.75 Å². The summed E-state index contributed by atoms with van der Waals surface area (Å²) in [5.41, 5.74) is 8.64. The first-order chi connectivity index (χ1) is 16.4. The van der Waals surface area contributed by atoms with E-state index in [0.717, 1.165) is 17.0 Å². The number of hydrogen-bond donors (Lipinski definition) is 0. The van der Waals surface area contributed by atoms with Crippen molar-refractivity contribution in [2.45, 2.75) is 4.75 Å². The Morgan fingerprint density at radius 2 is 1.18 bits per heavy atom. The minimum atomic E-state index is -0.391. The Balaban J connectivity index is 1.70. The molecule has 1 aliphatic rings. The molecule has 1 aromatic heterocycles. The average molecular weight is 442 g/mol. The van der Waals surface area contributed by atoms with Crippen LogP contribution in [0, 0.1) is 0 Å². The molecule has 1 nitrogen and oxygen atoms in total. The average Bonchev–Trinajstić information content (AvgIpc) is 3.31. The molecule has 1 atom stereocenters. The van der Waals surface area contributed by atoms with Gasteiger partial charge in [-0.1, -0.05) is 115 Å². The lowest BCUT2D eigenvalue weighted by molar-refractivity contribution is 0.923. The first kappa shape index (κ1) is 20.0. The van der Waals surface area contributed by atoms with Gasteiger partial charge in [-0.3, -0.25) is 4.98 Å². The van der Waals surface area contributed by atoms with Crippen molar-refractivity contribution < 1.29 is 0 Å². The number of benzene rings is 4. The van der Waals surface area contributed by atoms with Gasteiger partial charge in [-0.2, -0.15) is 0 Å². The van der Waals surface area contributed by atoms with Crippen molar-refractivity contribution in [1.82, 2.24) is 4.98 Å². The van der Waals surface area contributed by atoms with Crippen LogP contribution in [0.4, 0.5) is 0 Å². The number of aromatic nitrogens is 1. The Bertz CT molecular complexity index is 1440. The highest BCUT2D eigenvalue weighted by Crippen LogP contribution is 2.60. The van der Waals surface area contributed by atoms with Crippen molar-refractivity contribution in [2.24, 2.45) is 0 Å². The molecule has 0 aliphatic carbocycles. The molecule has 0 spiro atoms. The van der Waals surface area contributed by atoms with Crippen LogP contribution in [-0.2, 0) is 4.75 Å². The number of hydrogen-bond acceptors (Lipinski definition) is 2. The van der Waals surface area contributed by atoms with E-state index in [1.54, 1.807) is 0 Å². The van der Waals surface area contributed by atoms with E-state index in [0.29, 0.717) is 0 Å². The summed E-state index contributed by atoms with van der Waals surface area (Å²) in [5.74, 6) is 0.928. The van der Waals surface area contributed by atoms with Gasteiger partial charge in [0.25, 0.3) is 0 Å². The van der Waals surface area contributed by atoms with Crippen molar-refractivity contribution in [3.63, 3.8) is 0 Å². The highest BCUT2D eigenvalue weighted by molar-refractivity contribution is 8.01. The van der Waals surface area contributed by atoms with Gasteiger partial charge >= 0.3 is 0 Å². The number of fused-ring (bicyclic) bond motifs is 1. The molecule has 2 heteroatoms. The number of thioether (sulfide) groups is 1. The van der Waals surface area contributed by atoms with Crippen molar-refractivity contribution in [1.29, 1.82) is 0 Å². The largest absolute Gasteiger partial charge is 0.251 e. The number of pyridine rings is 1. The quantitative estimate of drug-likeness (QED) is 0.282. The molecule has 33 heavy (non-hydrogen) atoms. The van der Waals surface area contributed by atoms with E-state index in [1.807, 2.05) is 11.8 Å². The number of rotatable bonds is 4. The third-order valence-electron chi connectivity index (χ3n) is 6.41. The zero-order valence-corrected chi connectivity index (χ0v) is 19.0. The van der Waals surface area contributed by atoms with Gasteiger partial charge in [-0.15, -0.1) is 11.8 Å². The molecule has 0 saturated carbocycles. The number of para-hydroxylation sites is 1. The molecule has 0 amide bonds. The Hall–Kier alpha value is -3.62. The van der Waals surface area contributed by atoms with Crippen molar-refractivity contribution in [3.8, 4) is 0 Å². The van der Waals surface area contributed by atoms with Crippen LogP contribution in [0.3, 0.4) is 0 Å². The topological polar surface area (TPSA) is 12.9 Å². The van der Waals surface area contributed by atoms with Gasteiger partial charge in [-0.05, 0) is 40.0 Å². The number of nitrogens with zero attached hydrogens (tertiary/aromatic N) is 1. The molecule has 0 N–H and O–H groups in total. The molecule has 2 heterocycles. The SMILES string of the molecule is c1ccc(C2=C(c3ccccc3)C(c3ccccc3)(c3ccc4ccccc4n3)SC2)cc1. The summed E-state index contributed by atoms with van der Waals surface area (Å²) < 4.78 is -0.391. The van der Waals surface area contributed by atoms with Crippen LogP contribution in [0.2, 0.25) is 0 Å². The maximum atomic E-state index is 5.25. The zero-order chi connectivity index (χ0) is 22.1. The normalized spacial score (nSPS) is 18.1. The van der Waals surface area contributed by atoms with Crippen molar-refractivity contribution >= 4 is 33.8 Å². The van der Waals surface area contributed by atoms with Crippen LogP contribution in [0.25, 0.3) is 22.0 Å². The Labute approximate surface area is 198 Å². The molecular formula is C31H23NS. The van der Waals surface area contributed by atoms with E-state index < -0.39 is 4.75 Å². The Morgan fingerprint density at radius 1 is 0.576 bits per heavy atom. The maximum Gasteiger partial charge on any atom is 0.109 e. The Morgan fingerprint density at radius 3 is 1.91 bits per heavy atom. The van der Waals surface area contributed by atoms with Crippen LogP contribution in [0.1, 0.15) is 22.4 Å². The minimum absolute atomic E-state index is 0.391. The predicted molar refractivity (Wildman–Crippen MR) is 141 cm³/mol. The molecule has 0 saturated heterocycles. The third-order valence-corrected chi connectivity index (χ3v) is 7.93. The van der Waals surface area contributed by atoms with Crippen LogP contribution < -0.4 is 0 Å². The second-order valence-corrected chi connectivity index (χ2v) is 9.50. The second-order valence-electron chi connectivity index (χ2n) is 8.31. The predicted octanol–water partition coefficient (Wildman–Crippen LogP) is 7.84. The monoisotopic (exact) mass is 441 g/mol. The van der Waals surface area contributed by atoms with Gasteiger partial charge < -0.3 is 0 Å². The van der Waals surface area contributed by atoms with Crippen LogP contribution in [-0.4, -0.2) is 10.7 Å². The van der Waals surface area contributed by atoms with Gasteiger partial charge in [0, 0.05) is 11.1 Å². The smallest absolute Gasteiger partial charge is 0.109 e. The molecule has 1 aliphatic heterocycles. The van der Waals surface area contributed by atoms with Gasteiger partial charge in [0.05, 0.1) is 11.2 Å². The van der Waals surface area contributed by atoms with Crippen LogP contribution >= 0.6 is 11.8 Å². The Kier molecular flexibility index (Phi) is 5.09. The molecule has 1 unspecified atom stereocenters. The maximum absolute atomic E-state index is 5.25. The van der Waals surface area contributed by atoms with Gasteiger partial charge in [0.2, 0.25) is 0 Å². The van der Waals surface area contributed by atoms with E-state index in [-0.39, 0.29) is 0 Å². The highest BCUT2D eigenvalue weighted by atomic mass is 32.2. The molecule has 0 fully saturated rings. The molecule has 6 rings (SSSR count). The zero-order valence-electron chi connectivity index (χ0n) is 18.2. The summed E-state index contributed by atoms with van der Waals surface area (Å²) in [6.45, 7) is 0. The first-order valence-corrected chi connectivity index (χ1v) is 12.2. The summed E-state index contributed by atoms with van der Waals surface area (Å²) in [6.07, 6.45) is 0. The lowest BCUT2D eigenvalue weighted by atomic mass is 9.79. The lowest BCUT2D eigenvalue weighted by Crippen LogP contribution is -2.25. The van der Waals surface area contributed by atoms with Crippen LogP contribution in [0.5, 0.6) is 0 Å². The van der Waals surface area contributed by atoms with E-state index in [1.165, 1.54) is 33.2 Å². The molecule has 4 aromatic carbocycles. The van der Waals surface area contributed by atoms with Gasteiger partial charge in [0.15, 0.2) is 0 Å². The first-order valence-electron chi connectivity index (χ1n) is 11.3. The van der Waals surface area contributed by atoms with E-state index in [2.05, 4.69) is 127 Å². The van der Waals surface area contributed by atoms with Gasteiger partial charge in [-0.25, -0.2) is 0 Å². The molecule has 0 radical (unpaired) electrons. The third kappa shape index (κ3) is 3.39. The highest BCUT2D eigenvalue weighted by Gasteiger charge is 2.46. The lowest BCUT2D eigenvalue weighted by Gasteiger charge is -2.33. The van der Waals surface area contributed by atoms with E-state index in [4.69, 9.17) is 4.98 Å². The fourth-order valence-electron chi connectivity index (χ4n) is 4.90. The fraction of sp³-hybridized carbons (Fsp3) is 0.0645. The summed E-state index contributed by atoms with van der Waals surface area (Å²) >= 11 is 1.97. The molecule has 5 aromatic rings. The summed E-state index contributed by atoms with van der Waals surface area (Å²) in [7, 11) is 0. The summed E-state index contributed by atoms with van der Waals surface area (Å²) in [4.78, 5) is 5.25. The summed E-state index contributed by atoms with van der Waals surface area (Å²) in [5, 5.41) is 1.17.